The normalized spacial score (nSPS) is 21.7. The third-order valence-electron chi connectivity index (χ3n) is 6.63. The monoisotopic (exact) mass is 412 g/mol. The molecule has 1 aliphatic heterocycles. The molecule has 1 fully saturated rings. The highest BCUT2D eigenvalue weighted by Gasteiger charge is 2.44. The maximum Gasteiger partial charge on any atom is 0.168 e. The Morgan fingerprint density at radius 1 is 0.586 bits per heavy atom. The number of unbranched alkanes of at least 4 members (excludes halogenated alkanes) is 10. The molecule has 0 spiro atoms. The van der Waals surface area contributed by atoms with E-state index in [0.717, 1.165) is 17.3 Å². The van der Waals surface area contributed by atoms with Crippen LogP contribution >= 0.6 is 0 Å². The van der Waals surface area contributed by atoms with Crippen molar-refractivity contribution >= 4 is 0 Å². The molecule has 1 rings (SSSR count). The summed E-state index contributed by atoms with van der Waals surface area (Å²) < 4.78 is 14.1. The van der Waals surface area contributed by atoms with E-state index in [2.05, 4.69) is 41.9 Å². The SMILES string of the molecule is CCCCCCCC[C@H]1OC(CC)(CC)O[C@@H]1CCCCCCCC[N+](C)(C)C. The molecule has 0 amide bonds. The Kier molecular flexibility index (Phi) is 13.7. The van der Waals surface area contributed by atoms with Gasteiger partial charge >= 0.3 is 0 Å². The molecule has 0 aliphatic carbocycles. The van der Waals surface area contributed by atoms with Crippen LogP contribution in [0.3, 0.4) is 0 Å². The molecule has 0 aromatic heterocycles. The van der Waals surface area contributed by atoms with Crippen molar-refractivity contribution in [3.8, 4) is 0 Å². The second kappa shape index (κ2) is 14.8. The molecule has 1 aliphatic rings. The Labute approximate surface area is 183 Å². The van der Waals surface area contributed by atoms with Crippen LogP contribution < -0.4 is 0 Å². The van der Waals surface area contributed by atoms with Gasteiger partial charge in [-0.15, -0.1) is 0 Å². The fraction of sp³-hybridized carbons (Fsp3) is 1.00. The number of nitrogens with zero attached hydrogens (tertiary/aromatic N) is 1. The van der Waals surface area contributed by atoms with Crippen molar-refractivity contribution in [2.75, 3.05) is 27.7 Å². The summed E-state index contributed by atoms with van der Waals surface area (Å²) in [5.41, 5.74) is 0. The molecule has 0 saturated carbocycles. The third-order valence-corrected chi connectivity index (χ3v) is 6.63. The van der Waals surface area contributed by atoms with Crippen LogP contribution in [-0.4, -0.2) is 50.2 Å². The molecule has 1 saturated heterocycles. The van der Waals surface area contributed by atoms with Crippen LogP contribution in [0.2, 0.25) is 0 Å². The summed E-state index contributed by atoms with van der Waals surface area (Å²) in [7, 11) is 6.87. The van der Waals surface area contributed by atoms with E-state index in [1.807, 2.05) is 0 Å². The van der Waals surface area contributed by atoms with Crippen molar-refractivity contribution in [3.63, 3.8) is 0 Å². The van der Waals surface area contributed by atoms with Gasteiger partial charge in [-0.3, -0.25) is 0 Å². The molecule has 1 heterocycles. The minimum atomic E-state index is -0.303. The lowest BCUT2D eigenvalue weighted by molar-refractivity contribution is -0.870. The van der Waals surface area contributed by atoms with Crippen molar-refractivity contribution < 1.29 is 14.0 Å². The quantitative estimate of drug-likeness (QED) is 0.172. The first-order valence-electron chi connectivity index (χ1n) is 13.0. The molecule has 0 unspecified atom stereocenters. The number of rotatable bonds is 18. The average molecular weight is 413 g/mol. The zero-order valence-electron chi connectivity index (χ0n) is 20.9. The van der Waals surface area contributed by atoms with Crippen molar-refractivity contribution in [2.45, 2.75) is 141 Å². The summed E-state index contributed by atoms with van der Waals surface area (Å²) >= 11 is 0. The molecule has 0 aromatic rings. The average Bonchev–Trinajstić information content (AvgIpc) is 3.04. The van der Waals surface area contributed by atoms with E-state index in [9.17, 15) is 0 Å². The van der Waals surface area contributed by atoms with Crippen LogP contribution in [0.25, 0.3) is 0 Å². The summed E-state index contributed by atoms with van der Waals surface area (Å²) in [4.78, 5) is 0. The van der Waals surface area contributed by atoms with Gasteiger partial charge in [0.15, 0.2) is 5.79 Å². The van der Waals surface area contributed by atoms with E-state index in [0.29, 0.717) is 12.2 Å². The van der Waals surface area contributed by atoms with Gasteiger partial charge in [-0.2, -0.15) is 0 Å². The zero-order valence-corrected chi connectivity index (χ0v) is 20.9. The van der Waals surface area contributed by atoms with Gasteiger partial charge in [-0.1, -0.05) is 85.0 Å². The highest BCUT2D eigenvalue weighted by Crippen LogP contribution is 2.38. The predicted molar refractivity (Wildman–Crippen MR) is 126 cm³/mol. The topological polar surface area (TPSA) is 18.5 Å². The summed E-state index contributed by atoms with van der Waals surface area (Å²) in [6.45, 7) is 8.01. The molecule has 29 heavy (non-hydrogen) atoms. The fourth-order valence-corrected chi connectivity index (χ4v) is 4.57. The van der Waals surface area contributed by atoms with Gasteiger partial charge in [-0.25, -0.2) is 0 Å². The first-order valence-corrected chi connectivity index (χ1v) is 13.0. The van der Waals surface area contributed by atoms with Crippen LogP contribution in [0, 0.1) is 0 Å². The Bertz CT molecular complexity index is 387. The highest BCUT2D eigenvalue weighted by atomic mass is 16.8. The molecule has 2 atom stereocenters. The van der Waals surface area contributed by atoms with E-state index in [1.54, 1.807) is 0 Å². The smallest absolute Gasteiger partial charge is 0.168 e. The number of ether oxygens (including phenoxy) is 2. The summed E-state index contributed by atoms with van der Waals surface area (Å²) in [6, 6.07) is 0. The number of hydrogen-bond acceptors (Lipinski definition) is 2. The molecule has 3 heteroatoms. The van der Waals surface area contributed by atoms with Gasteiger partial charge in [0.25, 0.3) is 0 Å². The lowest BCUT2D eigenvalue weighted by Crippen LogP contribution is -2.35. The van der Waals surface area contributed by atoms with E-state index in [-0.39, 0.29) is 5.79 Å². The molecule has 174 valence electrons. The highest BCUT2D eigenvalue weighted by molar-refractivity contribution is 4.85. The number of hydrogen-bond donors (Lipinski definition) is 0. The van der Waals surface area contributed by atoms with E-state index < -0.39 is 0 Å². The van der Waals surface area contributed by atoms with Gasteiger partial charge in [0, 0.05) is 0 Å². The third kappa shape index (κ3) is 11.7. The predicted octanol–water partition coefficient (Wildman–Crippen LogP) is 7.47. The molecule has 0 N–H and O–H groups in total. The summed E-state index contributed by atoms with van der Waals surface area (Å²) in [5, 5.41) is 0. The fourth-order valence-electron chi connectivity index (χ4n) is 4.57. The first-order chi connectivity index (χ1) is 13.9. The Morgan fingerprint density at radius 3 is 1.41 bits per heavy atom. The second-order valence-corrected chi connectivity index (χ2v) is 10.4. The van der Waals surface area contributed by atoms with Crippen molar-refractivity contribution in [3.05, 3.63) is 0 Å². The molecular formula is C26H54NO2+. The molecular weight excluding hydrogens is 358 g/mol. The van der Waals surface area contributed by atoms with E-state index >= 15 is 0 Å². The van der Waals surface area contributed by atoms with Crippen LogP contribution in [0.5, 0.6) is 0 Å². The van der Waals surface area contributed by atoms with Crippen molar-refractivity contribution in [2.24, 2.45) is 0 Å². The van der Waals surface area contributed by atoms with Gasteiger partial charge in [0.05, 0.1) is 39.9 Å². The minimum absolute atomic E-state index is 0.303. The van der Waals surface area contributed by atoms with Crippen molar-refractivity contribution in [1.29, 1.82) is 0 Å². The summed E-state index contributed by atoms with van der Waals surface area (Å²) in [6.07, 6.45) is 21.2. The lowest BCUT2D eigenvalue weighted by atomic mass is 9.99. The van der Waals surface area contributed by atoms with Gasteiger partial charge in [0.2, 0.25) is 0 Å². The first kappa shape index (κ1) is 26.9. The number of quaternary nitrogens is 1. The maximum absolute atomic E-state index is 6.51. The zero-order chi connectivity index (χ0) is 21.6. The van der Waals surface area contributed by atoms with Gasteiger partial charge in [-0.05, 0) is 38.5 Å². The van der Waals surface area contributed by atoms with Crippen LogP contribution in [0.15, 0.2) is 0 Å². The van der Waals surface area contributed by atoms with Crippen LogP contribution in [0.1, 0.15) is 124 Å². The van der Waals surface area contributed by atoms with E-state index in [1.165, 1.54) is 96.4 Å². The minimum Gasteiger partial charge on any atom is -0.344 e. The van der Waals surface area contributed by atoms with Crippen molar-refractivity contribution in [1.82, 2.24) is 0 Å². The van der Waals surface area contributed by atoms with Gasteiger partial charge < -0.3 is 14.0 Å². The Hall–Kier alpha value is -0.120. The molecule has 0 radical (unpaired) electrons. The molecule has 3 nitrogen and oxygen atoms in total. The van der Waals surface area contributed by atoms with Gasteiger partial charge in [0.1, 0.15) is 0 Å². The molecule has 0 bridgehead atoms. The van der Waals surface area contributed by atoms with Crippen LogP contribution in [-0.2, 0) is 9.47 Å². The lowest BCUT2D eigenvalue weighted by Gasteiger charge is -2.25. The van der Waals surface area contributed by atoms with E-state index in [4.69, 9.17) is 9.47 Å². The maximum atomic E-state index is 6.51. The Balaban J connectivity index is 2.26. The van der Waals surface area contributed by atoms with Crippen LogP contribution in [0.4, 0.5) is 0 Å². The second-order valence-electron chi connectivity index (χ2n) is 10.4. The molecule has 0 aromatic carbocycles. The standard InChI is InChI=1S/C26H54NO2/c1-7-10-11-12-15-18-21-24-25(29-26(8-2,9-3)28-24)22-19-16-13-14-17-20-23-27(4,5)6/h24-25H,7-23H2,1-6H3/q+1/t24-,25-/m1/s1. The largest absolute Gasteiger partial charge is 0.344 e. The Morgan fingerprint density at radius 2 is 1.00 bits per heavy atom. The summed E-state index contributed by atoms with van der Waals surface area (Å²) in [5.74, 6) is -0.303.